The maximum atomic E-state index is 2.68. The van der Waals surface area contributed by atoms with Gasteiger partial charge in [-0.1, -0.05) is 229 Å². The number of para-hydroxylation sites is 4. The van der Waals surface area contributed by atoms with Gasteiger partial charge >= 0.3 is 0 Å². The zero-order valence-corrected chi connectivity index (χ0v) is 46.4. The SMILES string of the molecule is CC(C)(C)c1cc(-n2c3ccccc3c3cc4c5c(c6ccccc6n5-c5cc(-n6c7ccccc7c7ccccc76)cc6c5B4c4ccc5c(c4S6)-c4ccccc4C54c5ccccc5-c5ccccc54)c32)cc(C(C)(C)C)c1. The zero-order chi connectivity index (χ0) is 53.3. The average Bonchev–Trinajstić information content (AvgIpc) is 4.46. The number of benzene rings is 11. The highest BCUT2D eigenvalue weighted by Gasteiger charge is 2.53. The minimum Gasteiger partial charge on any atom is -0.310 e. The third-order valence-electron chi connectivity index (χ3n) is 19.0. The predicted octanol–water partition coefficient (Wildman–Crippen LogP) is 17.2. The zero-order valence-electron chi connectivity index (χ0n) is 45.6. The summed E-state index contributed by atoms with van der Waals surface area (Å²) in [4.78, 5) is 2.68. The van der Waals surface area contributed by atoms with E-state index in [4.69, 9.17) is 0 Å². The first kappa shape index (κ1) is 45.1. The Balaban J connectivity index is 1.01. The number of hydrogen-bond acceptors (Lipinski definition) is 1. The Morgan fingerprint density at radius 1 is 0.388 bits per heavy atom. The molecule has 5 heteroatoms. The molecule has 378 valence electrons. The molecule has 4 aliphatic rings. The quantitative estimate of drug-likeness (QED) is 0.158. The van der Waals surface area contributed by atoms with Crippen molar-refractivity contribution < 1.29 is 0 Å². The fraction of sp³-hybridized carbons (Fsp3) is 0.120. The van der Waals surface area contributed by atoms with E-state index in [2.05, 4.69) is 274 Å². The van der Waals surface area contributed by atoms with Gasteiger partial charge in [0.1, 0.15) is 0 Å². The monoisotopic (exact) mass is 1040 g/mol. The Labute approximate surface area is 469 Å². The van der Waals surface area contributed by atoms with Crippen LogP contribution in [0.15, 0.2) is 228 Å². The van der Waals surface area contributed by atoms with Gasteiger partial charge < -0.3 is 13.7 Å². The second-order valence-corrected chi connectivity index (χ2v) is 26.2. The minimum atomic E-state index is -0.449. The normalized spacial score (nSPS) is 14.4. The summed E-state index contributed by atoms with van der Waals surface area (Å²) >= 11 is 2.00. The summed E-state index contributed by atoms with van der Waals surface area (Å²) in [6, 6.07) is 84.4. The van der Waals surface area contributed by atoms with Crippen LogP contribution in [0.25, 0.3) is 105 Å². The van der Waals surface area contributed by atoms with E-state index in [1.54, 1.807) is 0 Å². The number of fused-ring (bicyclic) bond motifs is 25. The Bertz CT molecular complexity index is 5010. The fourth-order valence-corrected chi connectivity index (χ4v) is 16.9. The Morgan fingerprint density at radius 3 is 1.48 bits per heavy atom. The van der Waals surface area contributed by atoms with Crippen molar-refractivity contribution in [2.75, 3.05) is 0 Å². The van der Waals surface area contributed by atoms with E-state index in [0.29, 0.717) is 0 Å². The standard InChI is InChI=1S/C75H54BN3S/c1-73(2,3)43-37-44(74(4,5)6)39-45(38-43)78-63-33-19-12-25-51(63)54-42-60-71-68(70(54)78)53-27-13-20-34-64(53)79(71)65-40-46(77-61-31-17-10-23-49(61)50-24-11-18-32-62(50)77)41-66-69(65)76(60)59-36-35-58-67(72(59)80-66)52-26-9-16-30-57(52)75(58)55-28-14-7-21-47(55)48-22-8-15-29-56(48)75/h7-42H,1-6H3. The maximum absolute atomic E-state index is 2.68. The van der Waals surface area contributed by atoms with Gasteiger partial charge in [0, 0.05) is 64.7 Å². The van der Waals surface area contributed by atoms with Crippen molar-refractivity contribution in [2.24, 2.45) is 0 Å². The molecule has 0 radical (unpaired) electrons. The van der Waals surface area contributed by atoms with E-state index < -0.39 is 5.41 Å². The van der Waals surface area contributed by atoms with Gasteiger partial charge in [0.25, 0.3) is 0 Å². The van der Waals surface area contributed by atoms with Crippen molar-refractivity contribution in [2.45, 2.75) is 67.6 Å². The van der Waals surface area contributed by atoms with E-state index >= 15 is 0 Å². The molecule has 5 heterocycles. The Morgan fingerprint density at radius 2 is 0.875 bits per heavy atom. The van der Waals surface area contributed by atoms with Gasteiger partial charge in [-0.2, -0.15) is 0 Å². The van der Waals surface area contributed by atoms with Gasteiger partial charge in [-0.15, -0.1) is 0 Å². The summed E-state index contributed by atoms with van der Waals surface area (Å²) in [6.45, 7) is 14.1. The molecule has 3 aromatic heterocycles. The second-order valence-electron chi connectivity index (χ2n) is 25.1. The summed E-state index contributed by atoms with van der Waals surface area (Å²) in [5.74, 6) is 0. The number of aromatic nitrogens is 3. The van der Waals surface area contributed by atoms with Gasteiger partial charge in [0.2, 0.25) is 6.71 Å². The van der Waals surface area contributed by atoms with Crippen LogP contribution >= 0.6 is 11.8 Å². The lowest BCUT2D eigenvalue weighted by Crippen LogP contribution is -2.59. The molecule has 1 spiro atoms. The third kappa shape index (κ3) is 5.54. The molecule has 0 bridgehead atoms. The lowest BCUT2D eigenvalue weighted by molar-refractivity contribution is 0.568. The highest BCUT2D eigenvalue weighted by Crippen LogP contribution is 2.64. The largest absolute Gasteiger partial charge is 0.310 e. The number of hydrogen-bond donors (Lipinski definition) is 0. The molecule has 14 aromatic rings. The fourth-order valence-electron chi connectivity index (χ4n) is 15.6. The van der Waals surface area contributed by atoms with Crippen LogP contribution in [0.3, 0.4) is 0 Å². The molecule has 0 saturated heterocycles. The minimum absolute atomic E-state index is 0.0526. The summed E-state index contributed by atoms with van der Waals surface area (Å²) in [6.07, 6.45) is 0. The van der Waals surface area contributed by atoms with Crippen LogP contribution in [0, 0.1) is 0 Å². The predicted molar refractivity (Wildman–Crippen MR) is 338 cm³/mol. The van der Waals surface area contributed by atoms with Crippen molar-refractivity contribution in [1.29, 1.82) is 0 Å². The first-order chi connectivity index (χ1) is 39.0. The summed E-state index contributed by atoms with van der Waals surface area (Å²) in [7, 11) is 0. The van der Waals surface area contributed by atoms with E-state index in [0.717, 1.165) is 0 Å². The molecule has 0 atom stereocenters. The van der Waals surface area contributed by atoms with Gasteiger partial charge in [0.05, 0.1) is 38.5 Å². The lowest BCUT2D eigenvalue weighted by Gasteiger charge is -2.36. The van der Waals surface area contributed by atoms with Crippen LogP contribution in [0.1, 0.15) is 74.9 Å². The molecule has 0 N–H and O–H groups in total. The van der Waals surface area contributed by atoms with Crippen molar-refractivity contribution >= 4 is 100 Å². The van der Waals surface area contributed by atoms with Gasteiger partial charge in [-0.3, -0.25) is 0 Å². The molecule has 0 unspecified atom stereocenters. The lowest BCUT2D eigenvalue weighted by atomic mass is 9.35. The average molecular weight is 1040 g/mol. The summed E-state index contributed by atoms with van der Waals surface area (Å²) in [5, 5.41) is 7.68. The smallest absolute Gasteiger partial charge is 0.249 e. The van der Waals surface area contributed by atoms with Crippen molar-refractivity contribution in [3.8, 4) is 39.3 Å². The molecule has 0 fully saturated rings. The molecule has 80 heavy (non-hydrogen) atoms. The maximum Gasteiger partial charge on any atom is 0.249 e. The van der Waals surface area contributed by atoms with Gasteiger partial charge in [-0.25, -0.2) is 0 Å². The van der Waals surface area contributed by atoms with E-state index in [-0.39, 0.29) is 17.5 Å². The van der Waals surface area contributed by atoms with Crippen LogP contribution in [0.5, 0.6) is 0 Å². The van der Waals surface area contributed by atoms with Gasteiger partial charge in [0.15, 0.2) is 0 Å². The number of nitrogens with zero attached hydrogens (tertiary/aromatic N) is 3. The van der Waals surface area contributed by atoms with Crippen LogP contribution < -0.4 is 16.4 Å². The molecule has 3 nitrogen and oxygen atoms in total. The molecule has 2 aliphatic heterocycles. The molecule has 0 saturated carbocycles. The molecule has 2 aliphatic carbocycles. The number of rotatable bonds is 2. The third-order valence-corrected chi connectivity index (χ3v) is 20.2. The molecule has 18 rings (SSSR count). The van der Waals surface area contributed by atoms with E-state index in [9.17, 15) is 0 Å². The van der Waals surface area contributed by atoms with E-state index in [1.807, 2.05) is 11.8 Å². The highest BCUT2D eigenvalue weighted by atomic mass is 32.2. The Kier molecular flexibility index (Phi) is 8.64. The van der Waals surface area contributed by atoms with Crippen molar-refractivity contribution in [3.63, 3.8) is 0 Å². The molecule has 0 amide bonds. The van der Waals surface area contributed by atoms with Crippen LogP contribution in [-0.2, 0) is 16.2 Å². The second kappa shape index (κ2) is 15.3. The van der Waals surface area contributed by atoms with Crippen LogP contribution in [-0.4, -0.2) is 20.4 Å². The Hall–Kier alpha value is -8.77. The van der Waals surface area contributed by atoms with Crippen LogP contribution in [0.4, 0.5) is 0 Å². The van der Waals surface area contributed by atoms with Crippen LogP contribution in [0.2, 0.25) is 0 Å². The topological polar surface area (TPSA) is 14.8 Å². The van der Waals surface area contributed by atoms with E-state index in [1.165, 1.54) is 164 Å². The van der Waals surface area contributed by atoms with Gasteiger partial charge in [-0.05, 0) is 120 Å². The summed E-state index contributed by atoms with van der Waals surface area (Å²) in [5.41, 5.74) is 28.2. The molecular weight excluding hydrogens is 986 g/mol. The summed E-state index contributed by atoms with van der Waals surface area (Å²) < 4.78 is 7.84. The highest BCUT2D eigenvalue weighted by molar-refractivity contribution is 8.00. The molecular formula is C75H54BN3S. The van der Waals surface area contributed by atoms with Crippen molar-refractivity contribution in [1.82, 2.24) is 13.7 Å². The van der Waals surface area contributed by atoms with Crippen molar-refractivity contribution in [3.05, 3.63) is 252 Å². The molecule has 11 aromatic carbocycles. The first-order valence-corrected chi connectivity index (χ1v) is 29.3. The first-order valence-electron chi connectivity index (χ1n) is 28.5.